The van der Waals surface area contributed by atoms with E-state index in [0.29, 0.717) is 38.5 Å². The number of ether oxygens (including phenoxy) is 6. The van der Waals surface area contributed by atoms with Crippen LogP contribution in [-0.4, -0.2) is 202 Å². The highest BCUT2D eigenvalue weighted by atomic mass is 16.8. The quantitative estimate of drug-likeness (QED) is 0.0849. The Morgan fingerprint density at radius 1 is 0.623 bits per heavy atom. The second-order valence-electron chi connectivity index (χ2n) is 23.4. The van der Waals surface area contributed by atoms with Crippen molar-refractivity contribution in [2.45, 2.75) is 204 Å². The lowest BCUT2D eigenvalue weighted by Gasteiger charge is -2.71. The second kappa shape index (κ2) is 18.7. The summed E-state index contributed by atoms with van der Waals surface area (Å²) in [7, 11) is 0. The number of hydrogen-bond acceptors (Lipinski definition) is 19. The molecule has 0 aromatic rings. The zero-order valence-corrected chi connectivity index (χ0v) is 40.2. The summed E-state index contributed by atoms with van der Waals surface area (Å²) in [5.41, 5.74) is -3.05. The second-order valence-corrected chi connectivity index (χ2v) is 23.4. The van der Waals surface area contributed by atoms with E-state index < -0.39 is 164 Å². The average Bonchev–Trinajstić information content (AvgIpc) is 3.28. The van der Waals surface area contributed by atoms with Gasteiger partial charge in [-0.05, 0) is 104 Å². The van der Waals surface area contributed by atoms with E-state index in [4.69, 9.17) is 28.4 Å². The van der Waals surface area contributed by atoms with Gasteiger partial charge < -0.3 is 94.8 Å². The molecule has 0 amide bonds. The van der Waals surface area contributed by atoms with Gasteiger partial charge in [0.1, 0.15) is 79.4 Å². The van der Waals surface area contributed by atoms with Crippen LogP contribution in [0.25, 0.3) is 0 Å². The van der Waals surface area contributed by atoms with Gasteiger partial charge in [0.2, 0.25) is 0 Å². The van der Waals surface area contributed by atoms with E-state index >= 15 is 0 Å². The highest BCUT2D eigenvalue weighted by Crippen LogP contribution is 2.76. The Hall–Kier alpha value is -2.00. The maximum Gasteiger partial charge on any atom is 0.312 e. The van der Waals surface area contributed by atoms with Gasteiger partial charge in [0.15, 0.2) is 18.9 Å². The lowest BCUT2D eigenvalue weighted by Crippen LogP contribution is -2.70. The van der Waals surface area contributed by atoms with Gasteiger partial charge in [-0.15, -0.1) is 0 Å². The minimum Gasteiger partial charge on any atom is -0.481 e. The number of rotatable bonds is 11. The largest absolute Gasteiger partial charge is 0.481 e. The van der Waals surface area contributed by atoms with Crippen molar-refractivity contribution in [1.29, 1.82) is 0 Å². The molecule has 0 radical (unpaired) electrons. The minimum absolute atomic E-state index is 0.0367. The van der Waals surface area contributed by atoms with Gasteiger partial charge in [0.25, 0.3) is 0 Å². The molecule has 69 heavy (non-hydrogen) atoms. The van der Waals surface area contributed by atoms with Crippen molar-refractivity contribution in [2.24, 2.45) is 50.2 Å². The molecule has 0 bridgehead atoms. The number of carbonyl (C=O) groups is 2. The van der Waals surface area contributed by atoms with Crippen LogP contribution in [0.1, 0.15) is 99.3 Å². The van der Waals surface area contributed by atoms with Crippen LogP contribution in [0.15, 0.2) is 11.6 Å². The number of hydrogen-bond donors (Lipinski definition) is 13. The van der Waals surface area contributed by atoms with Crippen LogP contribution in [0.3, 0.4) is 0 Å². The van der Waals surface area contributed by atoms with E-state index in [9.17, 15) is 76.0 Å². The smallest absolute Gasteiger partial charge is 0.312 e. The maximum atomic E-state index is 13.8. The number of aliphatic hydroxyl groups is 11. The van der Waals surface area contributed by atoms with Crippen LogP contribution < -0.4 is 0 Å². The average molecular weight is 989 g/mol. The molecule has 5 aliphatic carbocycles. The fraction of sp³-hybridized carbons (Fsp3) is 0.917. The lowest BCUT2D eigenvalue weighted by molar-refractivity contribution is -0.376. The molecule has 13 N–H and O–H groups in total. The summed E-state index contributed by atoms with van der Waals surface area (Å²) in [5.74, 6) is -2.86. The Balaban J connectivity index is 1.02. The summed E-state index contributed by atoms with van der Waals surface area (Å²) >= 11 is 0. The van der Waals surface area contributed by atoms with E-state index in [0.717, 1.165) is 12.8 Å². The molecular formula is C48H76O21. The molecule has 394 valence electrons. The zero-order chi connectivity index (χ0) is 50.7. The molecule has 8 rings (SSSR count). The number of fused-ring (bicyclic) bond motifs is 7. The Bertz CT molecular complexity index is 1930. The number of aliphatic hydroxyl groups excluding tert-OH is 11. The summed E-state index contributed by atoms with van der Waals surface area (Å²) < 4.78 is 34.7. The fourth-order valence-corrected chi connectivity index (χ4v) is 15.1. The van der Waals surface area contributed by atoms with Gasteiger partial charge in [-0.1, -0.05) is 46.3 Å². The third-order valence-electron chi connectivity index (χ3n) is 19.4. The van der Waals surface area contributed by atoms with E-state index in [2.05, 4.69) is 33.8 Å². The summed E-state index contributed by atoms with van der Waals surface area (Å²) in [6, 6.07) is 0. The van der Waals surface area contributed by atoms with Crippen LogP contribution in [0.5, 0.6) is 0 Å². The molecule has 4 saturated carbocycles. The normalized spacial score (nSPS) is 54.0. The number of carboxylic acid groups (broad SMARTS) is 2. The number of aliphatic carboxylic acids is 2. The topological polar surface area (TPSA) is 353 Å². The number of allylic oxidation sites excluding steroid dienone is 2. The molecular weight excluding hydrogens is 913 g/mol. The standard InChI is InChI=1S/C48H76O21/c1-43(2)11-13-48(42(62)63)14-12-45(4)20(21(48)15-43)7-8-26-44(3)16-22(51)37(47(6,41(60)61)27(44)9-10-46(26,45)5)69-40-35(59)36(30(54)24(18-50)66-40)68-39-34(58)32(56)29(53)25(67-39)19-64-38-33(57)31(55)28(52)23(17-49)65-38/h7,21-40,49-59H,8-19H2,1-6H3,(H,60,61)(H,62,63). The first-order valence-electron chi connectivity index (χ1n) is 24.6. The summed E-state index contributed by atoms with van der Waals surface area (Å²) in [4.78, 5) is 27.0. The SMILES string of the molecule is CC1(C)CCC2(C(=O)O)CCC3(C)C(=CCC4C5(C)CC(O)C(OC6OC(CO)C(O)C(OC7OC(COC8OC(CO)C(O)C(O)C8O)C(O)C(O)C7O)C6O)C(C)(C(=O)O)C5CCC43C)C2C1. The third-order valence-corrected chi connectivity index (χ3v) is 19.4. The van der Waals surface area contributed by atoms with E-state index in [1.165, 1.54) is 12.5 Å². The highest BCUT2D eigenvalue weighted by Gasteiger charge is 2.73. The van der Waals surface area contributed by atoms with Gasteiger partial charge in [-0.2, -0.15) is 0 Å². The predicted octanol–water partition coefficient (Wildman–Crippen LogP) is -1.26. The Morgan fingerprint density at radius 3 is 1.81 bits per heavy atom. The van der Waals surface area contributed by atoms with Crippen LogP contribution in [0.4, 0.5) is 0 Å². The van der Waals surface area contributed by atoms with E-state index in [1.807, 2.05) is 6.92 Å². The molecule has 25 atom stereocenters. The molecule has 8 aliphatic rings. The zero-order valence-electron chi connectivity index (χ0n) is 40.2. The van der Waals surface area contributed by atoms with Crippen molar-refractivity contribution >= 4 is 11.9 Å². The van der Waals surface area contributed by atoms with Crippen LogP contribution >= 0.6 is 0 Å². The molecule has 3 heterocycles. The Morgan fingerprint density at radius 2 is 1.19 bits per heavy atom. The van der Waals surface area contributed by atoms with Crippen molar-refractivity contribution < 1.29 is 104 Å². The van der Waals surface area contributed by atoms with Crippen molar-refractivity contribution in [3.63, 3.8) is 0 Å². The molecule has 21 heteroatoms. The minimum atomic E-state index is -2.03. The monoisotopic (exact) mass is 988 g/mol. The number of carboxylic acids is 2. The molecule has 7 fully saturated rings. The third kappa shape index (κ3) is 8.25. The summed E-state index contributed by atoms with van der Waals surface area (Å²) in [6.45, 7) is 10.1. The van der Waals surface area contributed by atoms with Crippen LogP contribution in [0.2, 0.25) is 0 Å². The van der Waals surface area contributed by atoms with Crippen molar-refractivity contribution in [2.75, 3.05) is 19.8 Å². The van der Waals surface area contributed by atoms with E-state index in [1.54, 1.807) is 0 Å². The van der Waals surface area contributed by atoms with Crippen molar-refractivity contribution in [3.05, 3.63) is 11.6 Å². The van der Waals surface area contributed by atoms with Gasteiger partial charge in [0, 0.05) is 0 Å². The van der Waals surface area contributed by atoms with Crippen LogP contribution in [0, 0.1) is 50.2 Å². The van der Waals surface area contributed by atoms with Gasteiger partial charge in [-0.3, -0.25) is 9.59 Å². The van der Waals surface area contributed by atoms with Gasteiger partial charge in [0.05, 0.1) is 36.8 Å². The molecule has 3 aliphatic heterocycles. The van der Waals surface area contributed by atoms with Crippen molar-refractivity contribution in [1.82, 2.24) is 0 Å². The van der Waals surface area contributed by atoms with Gasteiger partial charge >= 0.3 is 11.9 Å². The lowest BCUT2D eigenvalue weighted by atomic mass is 9.33. The maximum absolute atomic E-state index is 13.8. The molecule has 21 nitrogen and oxygen atoms in total. The first kappa shape index (κ1) is 53.3. The van der Waals surface area contributed by atoms with Crippen molar-refractivity contribution in [3.8, 4) is 0 Å². The predicted molar refractivity (Wildman–Crippen MR) is 234 cm³/mol. The highest BCUT2D eigenvalue weighted by molar-refractivity contribution is 5.77. The van der Waals surface area contributed by atoms with Crippen LogP contribution in [-0.2, 0) is 38.0 Å². The fourth-order valence-electron chi connectivity index (χ4n) is 15.1. The molecule has 0 spiro atoms. The first-order chi connectivity index (χ1) is 32.2. The molecule has 0 aromatic carbocycles. The Labute approximate surface area is 400 Å². The molecule has 25 unspecified atom stereocenters. The summed E-state index contributed by atoms with van der Waals surface area (Å²) in [5, 5.41) is 141. The Kier molecular flexibility index (Phi) is 14.5. The molecule has 0 aromatic heterocycles. The van der Waals surface area contributed by atoms with Gasteiger partial charge in [-0.25, -0.2) is 0 Å². The first-order valence-corrected chi connectivity index (χ1v) is 24.6. The molecule has 3 saturated heterocycles. The van der Waals surface area contributed by atoms with E-state index in [-0.39, 0.29) is 29.1 Å². The summed E-state index contributed by atoms with van der Waals surface area (Å²) in [6.07, 6.45) is -22.5.